The van der Waals surface area contributed by atoms with Crippen LogP contribution in [0.4, 0.5) is 5.69 Å². The number of hydrogen-bond acceptors (Lipinski definition) is 4. The standard InChI is InChI=1S/C12H6Cl2N4O3/c13-7-3-6(18(20)21)4-8(14)12(7)17-10-1-2-11(19)16-9(10)5-15-17/h1-5H,(H,16,19). The number of pyridine rings is 1. The van der Waals surface area contributed by atoms with Gasteiger partial charge in [0, 0.05) is 18.2 Å². The average molecular weight is 325 g/mol. The monoisotopic (exact) mass is 324 g/mol. The summed E-state index contributed by atoms with van der Waals surface area (Å²) in [5, 5.41) is 15.1. The molecular weight excluding hydrogens is 319 g/mol. The molecule has 0 aliphatic heterocycles. The van der Waals surface area contributed by atoms with E-state index in [0.717, 1.165) is 0 Å². The van der Waals surface area contributed by atoms with Crippen molar-refractivity contribution in [3.63, 3.8) is 0 Å². The number of aromatic amines is 1. The largest absolute Gasteiger partial charge is 0.319 e. The van der Waals surface area contributed by atoms with Gasteiger partial charge >= 0.3 is 0 Å². The van der Waals surface area contributed by atoms with Crippen LogP contribution in [0.5, 0.6) is 0 Å². The zero-order chi connectivity index (χ0) is 15.1. The third kappa shape index (κ3) is 2.26. The second-order valence-electron chi connectivity index (χ2n) is 4.19. The van der Waals surface area contributed by atoms with Gasteiger partial charge in [0.25, 0.3) is 5.69 Å². The van der Waals surface area contributed by atoms with E-state index >= 15 is 0 Å². The highest BCUT2D eigenvalue weighted by Gasteiger charge is 2.18. The Balaban J connectivity index is 2.28. The molecule has 0 spiro atoms. The van der Waals surface area contributed by atoms with E-state index in [-0.39, 0.29) is 21.3 Å². The average Bonchev–Trinajstić information content (AvgIpc) is 2.80. The number of rotatable bonds is 2. The molecule has 0 aliphatic carbocycles. The predicted octanol–water partition coefficient (Wildman–Crippen LogP) is 2.93. The number of nitro benzene ring substituents is 1. The van der Waals surface area contributed by atoms with Crippen LogP contribution in [-0.2, 0) is 0 Å². The zero-order valence-corrected chi connectivity index (χ0v) is 11.7. The van der Waals surface area contributed by atoms with E-state index in [9.17, 15) is 14.9 Å². The molecule has 106 valence electrons. The third-order valence-corrected chi connectivity index (χ3v) is 3.46. The second kappa shape index (κ2) is 4.87. The van der Waals surface area contributed by atoms with Gasteiger partial charge in [0.1, 0.15) is 5.69 Å². The normalized spacial score (nSPS) is 11.0. The number of benzene rings is 1. The van der Waals surface area contributed by atoms with Crippen LogP contribution in [0.15, 0.2) is 35.3 Å². The molecule has 0 atom stereocenters. The summed E-state index contributed by atoms with van der Waals surface area (Å²) in [5.41, 5.74) is 0.924. The van der Waals surface area contributed by atoms with Gasteiger partial charge in [-0.25, -0.2) is 4.68 Å². The van der Waals surface area contributed by atoms with Crippen LogP contribution < -0.4 is 5.56 Å². The van der Waals surface area contributed by atoms with E-state index in [2.05, 4.69) is 10.1 Å². The molecule has 0 aliphatic rings. The lowest BCUT2D eigenvalue weighted by Crippen LogP contribution is -2.04. The van der Waals surface area contributed by atoms with Gasteiger partial charge in [0.15, 0.2) is 0 Å². The van der Waals surface area contributed by atoms with Crippen molar-refractivity contribution in [2.75, 3.05) is 0 Å². The minimum Gasteiger partial charge on any atom is -0.319 e. The molecule has 0 saturated heterocycles. The number of aromatic nitrogens is 3. The van der Waals surface area contributed by atoms with Crippen LogP contribution in [0.3, 0.4) is 0 Å². The molecule has 0 radical (unpaired) electrons. The van der Waals surface area contributed by atoms with E-state index in [1.54, 1.807) is 6.07 Å². The number of fused-ring (bicyclic) bond motifs is 1. The van der Waals surface area contributed by atoms with Crippen LogP contribution in [-0.4, -0.2) is 19.7 Å². The maximum atomic E-state index is 11.3. The lowest BCUT2D eigenvalue weighted by atomic mass is 10.2. The quantitative estimate of drug-likeness (QED) is 0.579. The molecule has 3 rings (SSSR count). The summed E-state index contributed by atoms with van der Waals surface area (Å²) in [7, 11) is 0. The first-order valence-electron chi connectivity index (χ1n) is 5.68. The molecule has 2 aromatic heterocycles. The van der Waals surface area contributed by atoms with Crippen molar-refractivity contribution < 1.29 is 4.92 Å². The summed E-state index contributed by atoms with van der Waals surface area (Å²) in [6.45, 7) is 0. The van der Waals surface area contributed by atoms with Gasteiger partial charge in [-0.15, -0.1) is 0 Å². The number of hydrogen-bond donors (Lipinski definition) is 1. The SMILES string of the molecule is O=c1ccc2c(cnn2-c2c(Cl)cc([N+](=O)[O-])cc2Cl)[nH]1. The zero-order valence-electron chi connectivity index (χ0n) is 10.2. The van der Waals surface area contributed by atoms with Gasteiger partial charge in [-0.1, -0.05) is 23.2 Å². The van der Waals surface area contributed by atoms with Crippen molar-refractivity contribution in [1.82, 2.24) is 14.8 Å². The third-order valence-electron chi connectivity index (χ3n) is 2.88. The number of halogens is 2. The van der Waals surface area contributed by atoms with E-state index in [0.29, 0.717) is 16.7 Å². The highest BCUT2D eigenvalue weighted by Crippen LogP contribution is 2.34. The Bertz CT molecular complexity index is 909. The van der Waals surface area contributed by atoms with Gasteiger partial charge in [-0.05, 0) is 6.07 Å². The summed E-state index contributed by atoms with van der Waals surface area (Å²) in [6.07, 6.45) is 1.45. The smallest absolute Gasteiger partial charge is 0.272 e. The highest BCUT2D eigenvalue weighted by molar-refractivity contribution is 6.38. The van der Waals surface area contributed by atoms with Gasteiger partial charge in [-0.3, -0.25) is 14.9 Å². The molecule has 1 aromatic carbocycles. The second-order valence-corrected chi connectivity index (χ2v) is 5.01. The fourth-order valence-corrected chi connectivity index (χ4v) is 2.62. The van der Waals surface area contributed by atoms with Crippen molar-refractivity contribution in [3.05, 3.63) is 61.0 Å². The topological polar surface area (TPSA) is 93.8 Å². The number of H-pyrrole nitrogens is 1. The van der Waals surface area contributed by atoms with E-state index in [1.807, 2.05) is 0 Å². The van der Waals surface area contributed by atoms with Gasteiger partial charge in [0.2, 0.25) is 5.56 Å². The molecule has 7 nitrogen and oxygen atoms in total. The molecule has 21 heavy (non-hydrogen) atoms. The van der Waals surface area contributed by atoms with Gasteiger partial charge in [0.05, 0.1) is 32.2 Å². The van der Waals surface area contributed by atoms with Crippen LogP contribution in [0.1, 0.15) is 0 Å². The summed E-state index contributed by atoms with van der Waals surface area (Å²) >= 11 is 12.2. The number of non-ortho nitro benzene ring substituents is 1. The lowest BCUT2D eigenvalue weighted by molar-refractivity contribution is -0.384. The van der Waals surface area contributed by atoms with E-state index in [4.69, 9.17) is 23.2 Å². The highest BCUT2D eigenvalue weighted by atomic mass is 35.5. The fourth-order valence-electron chi connectivity index (χ4n) is 1.98. The van der Waals surface area contributed by atoms with Gasteiger partial charge in [-0.2, -0.15) is 5.10 Å². The Labute approximate surface area is 126 Å². The molecule has 0 saturated carbocycles. The fraction of sp³-hybridized carbons (Fsp3) is 0. The molecule has 0 fully saturated rings. The summed E-state index contributed by atoms with van der Waals surface area (Å²) < 4.78 is 1.42. The van der Waals surface area contributed by atoms with E-state index < -0.39 is 4.92 Å². The maximum Gasteiger partial charge on any atom is 0.272 e. The molecule has 2 heterocycles. The summed E-state index contributed by atoms with van der Waals surface area (Å²) in [5.74, 6) is 0. The number of nitro groups is 1. The maximum absolute atomic E-state index is 11.3. The number of nitrogens with one attached hydrogen (secondary N) is 1. The molecule has 0 amide bonds. The minimum atomic E-state index is -0.583. The Morgan fingerprint density at radius 1 is 1.24 bits per heavy atom. The molecule has 0 unspecified atom stereocenters. The van der Waals surface area contributed by atoms with Crippen molar-refractivity contribution in [1.29, 1.82) is 0 Å². The summed E-state index contributed by atoms with van der Waals surface area (Å²) in [4.78, 5) is 24.1. The first-order chi connectivity index (χ1) is 9.97. The van der Waals surface area contributed by atoms with Crippen LogP contribution >= 0.6 is 23.2 Å². The van der Waals surface area contributed by atoms with Crippen LogP contribution in [0.2, 0.25) is 10.0 Å². The molecule has 9 heteroatoms. The Hall–Kier alpha value is -2.38. The molecule has 1 N–H and O–H groups in total. The van der Waals surface area contributed by atoms with Crippen molar-refractivity contribution in [3.8, 4) is 5.69 Å². The van der Waals surface area contributed by atoms with Gasteiger partial charge < -0.3 is 4.98 Å². The van der Waals surface area contributed by atoms with E-state index in [1.165, 1.54) is 29.1 Å². The minimum absolute atomic E-state index is 0.0883. The Kier molecular flexibility index (Phi) is 3.15. The van der Waals surface area contributed by atoms with Crippen molar-refractivity contribution in [2.24, 2.45) is 0 Å². The first-order valence-corrected chi connectivity index (χ1v) is 6.44. The van der Waals surface area contributed by atoms with Crippen molar-refractivity contribution >= 4 is 39.9 Å². The molecular formula is C12H6Cl2N4O3. The van der Waals surface area contributed by atoms with Crippen LogP contribution in [0.25, 0.3) is 16.7 Å². The molecule has 0 bridgehead atoms. The molecule has 3 aromatic rings. The lowest BCUT2D eigenvalue weighted by Gasteiger charge is -2.08. The van der Waals surface area contributed by atoms with Crippen molar-refractivity contribution in [2.45, 2.75) is 0 Å². The predicted molar refractivity (Wildman–Crippen MR) is 78.4 cm³/mol. The van der Waals surface area contributed by atoms with Crippen LogP contribution in [0, 0.1) is 10.1 Å². The Morgan fingerprint density at radius 3 is 2.52 bits per heavy atom. The summed E-state index contributed by atoms with van der Waals surface area (Å²) in [6, 6.07) is 5.30. The first kappa shape index (κ1) is 13.6. The Morgan fingerprint density at radius 2 is 1.90 bits per heavy atom. The number of nitrogens with zero attached hydrogens (tertiary/aromatic N) is 3.